The Balaban J connectivity index is 1.76. The lowest BCUT2D eigenvalue weighted by Gasteiger charge is -2.13. The molecule has 0 unspecified atom stereocenters. The van der Waals surface area contributed by atoms with Crippen LogP contribution in [0.15, 0.2) is 53.4 Å². The average Bonchev–Trinajstić information content (AvgIpc) is 2.85. The fourth-order valence-corrected chi connectivity index (χ4v) is 2.93. The van der Waals surface area contributed by atoms with E-state index in [1.54, 1.807) is 24.3 Å². The largest absolute Gasteiger partial charge is 0.312 e. The van der Waals surface area contributed by atoms with E-state index in [-0.39, 0.29) is 4.91 Å². The first-order valence-corrected chi connectivity index (χ1v) is 8.17. The molecule has 7 heteroatoms. The highest BCUT2D eigenvalue weighted by Crippen LogP contribution is 2.31. The zero-order valence-electron chi connectivity index (χ0n) is 13.2. The number of nitrogens with one attached hydrogen (secondary N) is 1. The molecular weight excluding hydrogens is 343 g/mol. The van der Waals surface area contributed by atoms with Crippen LogP contribution in [-0.2, 0) is 4.79 Å². The summed E-state index contributed by atoms with van der Waals surface area (Å²) in [7, 11) is 0. The van der Waals surface area contributed by atoms with Crippen LogP contribution >= 0.6 is 11.8 Å². The molecule has 25 heavy (non-hydrogen) atoms. The van der Waals surface area contributed by atoms with Crippen LogP contribution in [0.25, 0.3) is 6.08 Å². The van der Waals surface area contributed by atoms with E-state index >= 15 is 0 Å². The smallest absolute Gasteiger partial charge is 0.267 e. The summed E-state index contributed by atoms with van der Waals surface area (Å²) < 4.78 is 12.9. The van der Waals surface area contributed by atoms with Crippen molar-refractivity contribution in [3.8, 4) is 0 Å². The number of hydrogen-bond acceptors (Lipinski definition) is 4. The first-order valence-electron chi connectivity index (χ1n) is 7.35. The number of aryl methyl sites for hydroxylation is 1. The van der Waals surface area contributed by atoms with Crippen LogP contribution in [0.4, 0.5) is 9.18 Å². The summed E-state index contributed by atoms with van der Waals surface area (Å²) in [6, 6.07) is 12.2. The van der Waals surface area contributed by atoms with Crippen LogP contribution in [0.3, 0.4) is 0 Å². The predicted molar refractivity (Wildman–Crippen MR) is 92.9 cm³/mol. The van der Waals surface area contributed by atoms with Gasteiger partial charge >= 0.3 is 5.24 Å². The molecule has 0 spiro atoms. The first-order chi connectivity index (χ1) is 11.9. The Morgan fingerprint density at radius 1 is 1.08 bits per heavy atom. The van der Waals surface area contributed by atoms with Crippen LogP contribution in [0, 0.1) is 12.7 Å². The van der Waals surface area contributed by atoms with Gasteiger partial charge < -0.3 is 0 Å². The summed E-state index contributed by atoms with van der Waals surface area (Å²) in [5.41, 5.74) is 4.22. The Labute approximate surface area is 147 Å². The highest BCUT2D eigenvalue weighted by Gasteiger charge is 2.36. The van der Waals surface area contributed by atoms with Gasteiger partial charge in [-0.1, -0.05) is 29.8 Å². The molecule has 3 rings (SSSR count). The summed E-state index contributed by atoms with van der Waals surface area (Å²) in [6.07, 6.45) is 1.47. The molecule has 0 saturated carbocycles. The van der Waals surface area contributed by atoms with E-state index in [2.05, 4.69) is 5.43 Å². The number of amides is 3. The zero-order chi connectivity index (χ0) is 18.0. The van der Waals surface area contributed by atoms with E-state index < -0.39 is 22.9 Å². The highest BCUT2D eigenvalue weighted by atomic mass is 32.2. The molecule has 1 heterocycles. The lowest BCUT2D eigenvalue weighted by atomic mass is 10.1. The highest BCUT2D eigenvalue weighted by molar-refractivity contribution is 8.18. The minimum Gasteiger partial charge on any atom is -0.267 e. The monoisotopic (exact) mass is 356 g/mol. The zero-order valence-corrected chi connectivity index (χ0v) is 14.0. The third-order valence-corrected chi connectivity index (χ3v) is 4.36. The van der Waals surface area contributed by atoms with Gasteiger partial charge in [0.15, 0.2) is 0 Å². The molecule has 1 fully saturated rings. The summed E-state index contributed by atoms with van der Waals surface area (Å²) in [5, 5.41) is 0.0844. The van der Waals surface area contributed by atoms with Gasteiger partial charge in [-0.25, -0.2) is 4.39 Å². The number of rotatable bonds is 3. The molecule has 2 aromatic rings. The molecular formula is C18H13FN2O3S. The fraction of sp³-hybridized carbons (Fsp3) is 0.0556. The van der Waals surface area contributed by atoms with Crippen molar-refractivity contribution < 1.29 is 18.8 Å². The van der Waals surface area contributed by atoms with Gasteiger partial charge in [-0.2, -0.15) is 5.01 Å². The normalized spacial score (nSPS) is 15.8. The third-order valence-electron chi connectivity index (χ3n) is 3.49. The lowest BCUT2D eigenvalue weighted by molar-refractivity contribution is -0.124. The van der Waals surface area contributed by atoms with Gasteiger partial charge in [0.25, 0.3) is 11.8 Å². The quantitative estimate of drug-likeness (QED) is 0.855. The average molecular weight is 356 g/mol. The Hall–Kier alpha value is -2.93. The van der Waals surface area contributed by atoms with Gasteiger partial charge in [-0.05, 0) is 54.6 Å². The fourth-order valence-electron chi connectivity index (χ4n) is 2.15. The van der Waals surface area contributed by atoms with E-state index in [4.69, 9.17) is 0 Å². The summed E-state index contributed by atoms with van der Waals surface area (Å²) in [4.78, 5) is 36.7. The number of halogens is 1. The topological polar surface area (TPSA) is 66.5 Å². The van der Waals surface area contributed by atoms with E-state index in [0.717, 1.165) is 5.56 Å². The van der Waals surface area contributed by atoms with Crippen molar-refractivity contribution >= 4 is 34.9 Å². The standard InChI is InChI=1S/C18H13FN2O3S/c1-11-2-6-13(7-3-11)16(22)20-21-17(23)15(25-18(21)24)10-12-4-8-14(19)9-5-12/h2-10H,1H3,(H,20,22)/b15-10+. The second-order valence-corrected chi connectivity index (χ2v) is 6.37. The second-order valence-electron chi connectivity index (χ2n) is 5.38. The maximum absolute atomic E-state index is 12.9. The lowest BCUT2D eigenvalue weighted by Crippen LogP contribution is -2.44. The molecule has 0 bridgehead atoms. The number of hydrogen-bond donors (Lipinski definition) is 1. The number of carbonyl (C=O) groups excluding carboxylic acids is 3. The number of carbonyl (C=O) groups is 3. The van der Waals surface area contributed by atoms with Gasteiger partial charge in [0.2, 0.25) is 0 Å². The minimum atomic E-state index is -0.625. The van der Waals surface area contributed by atoms with Gasteiger partial charge in [0.1, 0.15) is 5.82 Å². The van der Waals surface area contributed by atoms with Gasteiger partial charge in [0, 0.05) is 5.56 Å². The molecule has 3 amide bonds. The van der Waals surface area contributed by atoms with E-state index in [1.165, 1.54) is 30.3 Å². The molecule has 5 nitrogen and oxygen atoms in total. The molecule has 1 aliphatic rings. The molecule has 0 aliphatic carbocycles. The van der Waals surface area contributed by atoms with Gasteiger partial charge in [-0.15, -0.1) is 0 Å². The van der Waals surface area contributed by atoms with E-state index in [9.17, 15) is 18.8 Å². The molecule has 126 valence electrons. The SMILES string of the molecule is Cc1ccc(C(=O)NN2C(=O)S/C(=C/c3ccc(F)cc3)C2=O)cc1. The maximum atomic E-state index is 12.9. The summed E-state index contributed by atoms with van der Waals surface area (Å²) in [5.74, 6) is -1.57. The molecule has 2 aromatic carbocycles. The van der Waals surface area contributed by atoms with Gasteiger partial charge in [0.05, 0.1) is 4.91 Å². The molecule has 1 saturated heterocycles. The molecule has 0 radical (unpaired) electrons. The van der Waals surface area contributed by atoms with E-state index in [0.29, 0.717) is 27.9 Å². The van der Waals surface area contributed by atoms with Crippen molar-refractivity contribution in [2.24, 2.45) is 0 Å². The van der Waals surface area contributed by atoms with Crippen molar-refractivity contribution in [3.05, 3.63) is 75.9 Å². The maximum Gasteiger partial charge on any atom is 0.312 e. The van der Waals surface area contributed by atoms with Crippen LogP contribution in [0.2, 0.25) is 0 Å². The Morgan fingerprint density at radius 3 is 2.36 bits per heavy atom. The first kappa shape index (κ1) is 16.9. The molecule has 1 N–H and O–H groups in total. The van der Waals surface area contributed by atoms with Crippen LogP contribution in [0.5, 0.6) is 0 Å². The minimum absolute atomic E-state index is 0.154. The second kappa shape index (κ2) is 6.90. The van der Waals surface area contributed by atoms with Crippen molar-refractivity contribution in [2.75, 3.05) is 0 Å². The Bertz CT molecular complexity index is 876. The third kappa shape index (κ3) is 3.77. The van der Waals surface area contributed by atoms with Gasteiger partial charge in [-0.3, -0.25) is 19.8 Å². The number of benzene rings is 2. The number of thioether (sulfide) groups is 1. The van der Waals surface area contributed by atoms with Crippen molar-refractivity contribution in [2.45, 2.75) is 6.92 Å². The van der Waals surface area contributed by atoms with Crippen molar-refractivity contribution in [1.29, 1.82) is 0 Å². The Kier molecular flexibility index (Phi) is 4.67. The summed E-state index contributed by atoms with van der Waals surface area (Å²) >= 11 is 0.711. The van der Waals surface area contributed by atoms with Crippen LogP contribution < -0.4 is 5.43 Å². The van der Waals surface area contributed by atoms with Crippen LogP contribution in [0.1, 0.15) is 21.5 Å². The number of imide groups is 1. The molecule has 1 aliphatic heterocycles. The number of hydrazine groups is 1. The molecule has 0 aromatic heterocycles. The molecule has 0 atom stereocenters. The van der Waals surface area contributed by atoms with Crippen LogP contribution in [-0.4, -0.2) is 22.1 Å². The predicted octanol–water partition coefficient (Wildman–Crippen LogP) is 3.52. The van der Waals surface area contributed by atoms with Crippen molar-refractivity contribution in [1.82, 2.24) is 10.4 Å². The van der Waals surface area contributed by atoms with Crippen molar-refractivity contribution in [3.63, 3.8) is 0 Å². The number of nitrogens with zero attached hydrogens (tertiary/aromatic N) is 1. The summed E-state index contributed by atoms with van der Waals surface area (Å²) in [6.45, 7) is 1.89. The Morgan fingerprint density at radius 2 is 1.72 bits per heavy atom. The van der Waals surface area contributed by atoms with E-state index in [1.807, 2.05) is 6.92 Å².